The van der Waals surface area contributed by atoms with Gasteiger partial charge in [0.1, 0.15) is 23.0 Å². The number of methoxy groups -OCH3 is 2. The van der Waals surface area contributed by atoms with Gasteiger partial charge in [-0.15, -0.1) is 0 Å². The van der Waals surface area contributed by atoms with Crippen molar-refractivity contribution in [2.24, 2.45) is 0 Å². The highest BCUT2D eigenvalue weighted by atomic mass is 16.5. The summed E-state index contributed by atoms with van der Waals surface area (Å²) in [6, 6.07) is 12.3. The lowest BCUT2D eigenvalue weighted by Crippen LogP contribution is -2.39. The van der Waals surface area contributed by atoms with E-state index in [0.29, 0.717) is 62.0 Å². The lowest BCUT2D eigenvalue weighted by molar-refractivity contribution is -0.133. The number of ether oxygens (including phenoxy) is 4. The minimum Gasteiger partial charge on any atom is -0.497 e. The molecule has 1 saturated heterocycles. The molecule has 0 unspecified atom stereocenters. The zero-order valence-electron chi connectivity index (χ0n) is 18.8. The van der Waals surface area contributed by atoms with E-state index in [9.17, 15) is 9.59 Å². The average Bonchev–Trinajstić information content (AvgIpc) is 3.09. The molecule has 32 heavy (non-hydrogen) atoms. The van der Waals surface area contributed by atoms with Crippen LogP contribution in [0.25, 0.3) is 0 Å². The van der Waals surface area contributed by atoms with Crippen molar-refractivity contribution in [2.75, 3.05) is 53.6 Å². The second kappa shape index (κ2) is 11.3. The third-order valence-electron chi connectivity index (χ3n) is 5.23. The number of rotatable bonds is 8. The van der Waals surface area contributed by atoms with E-state index in [1.165, 1.54) is 0 Å². The summed E-state index contributed by atoms with van der Waals surface area (Å²) in [5, 5.41) is 0. The molecule has 3 rings (SSSR count). The largest absolute Gasteiger partial charge is 0.497 e. The molecule has 2 aromatic carbocycles. The van der Waals surface area contributed by atoms with Crippen LogP contribution in [0.3, 0.4) is 0 Å². The van der Waals surface area contributed by atoms with E-state index in [0.717, 1.165) is 5.75 Å². The quantitative estimate of drug-likeness (QED) is 0.626. The van der Waals surface area contributed by atoms with Crippen molar-refractivity contribution in [3.05, 3.63) is 48.0 Å². The molecule has 2 amide bonds. The van der Waals surface area contributed by atoms with Gasteiger partial charge in [0.2, 0.25) is 0 Å². The molecule has 1 aliphatic rings. The monoisotopic (exact) mass is 442 g/mol. The van der Waals surface area contributed by atoms with Crippen LogP contribution in [-0.2, 0) is 4.79 Å². The molecule has 1 heterocycles. The van der Waals surface area contributed by atoms with E-state index in [-0.39, 0.29) is 18.4 Å². The second-order valence-corrected chi connectivity index (χ2v) is 7.32. The SMILES string of the molecule is CCOc1ccc(OCC(=O)N2CCCN(C(=O)c3cc(OC)cc(OC)c3)CC2)cc1. The van der Waals surface area contributed by atoms with Gasteiger partial charge in [-0.3, -0.25) is 9.59 Å². The molecular formula is C24H30N2O6. The van der Waals surface area contributed by atoms with Crippen LogP contribution in [-0.4, -0.2) is 75.2 Å². The molecule has 0 atom stereocenters. The Morgan fingerprint density at radius 3 is 1.94 bits per heavy atom. The lowest BCUT2D eigenvalue weighted by atomic mass is 10.1. The van der Waals surface area contributed by atoms with Crippen LogP contribution >= 0.6 is 0 Å². The van der Waals surface area contributed by atoms with Crippen molar-refractivity contribution in [3.63, 3.8) is 0 Å². The van der Waals surface area contributed by atoms with Gasteiger partial charge < -0.3 is 28.7 Å². The molecule has 0 spiro atoms. The highest BCUT2D eigenvalue weighted by Gasteiger charge is 2.24. The first-order valence-electron chi connectivity index (χ1n) is 10.7. The van der Waals surface area contributed by atoms with Crippen LogP contribution in [0.15, 0.2) is 42.5 Å². The molecule has 0 saturated carbocycles. The topological polar surface area (TPSA) is 77.5 Å². The first-order valence-corrected chi connectivity index (χ1v) is 10.7. The molecule has 0 aliphatic carbocycles. The molecule has 0 N–H and O–H groups in total. The predicted molar refractivity (Wildman–Crippen MR) is 120 cm³/mol. The highest BCUT2D eigenvalue weighted by molar-refractivity contribution is 5.95. The minimum atomic E-state index is -0.109. The normalized spacial score (nSPS) is 13.8. The van der Waals surface area contributed by atoms with Gasteiger partial charge in [0, 0.05) is 37.8 Å². The second-order valence-electron chi connectivity index (χ2n) is 7.32. The summed E-state index contributed by atoms with van der Waals surface area (Å²) >= 11 is 0. The Balaban J connectivity index is 1.55. The van der Waals surface area contributed by atoms with Gasteiger partial charge in [0.25, 0.3) is 11.8 Å². The molecule has 0 aromatic heterocycles. The van der Waals surface area contributed by atoms with Crippen molar-refractivity contribution >= 4 is 11.8 Å². The van der Waals surface area contributed by atoms with E-state index in [4.69, 9.17) is 18.9 Å². The highest BCUT2D eigenvalue weighted by Crippen LogP contribution is 2.24. The Labute approximate surface area is 188 Å². The number of hydrogen-bond donors (Lipinski definition) is 0. The number of carbonyl (C=O) groups is 2. The fourth-order valence-corrected chi connectivity index (χ4v) is 3.52. The summed E-state index contributed by atoms with van der Waals surface area (Å²) < 4.78 is 21.6. The summed E-state index contributed by atoms with van der Waals surface area (Å²) in [6.07, 6.45) is 0.696. The van der Waals surface area contributed by atoms with Crippen LogP contribution < -0.4 is 18.9 Å². The van der Waals surface area contributed by atoms with Crippen LogP contribution in [0.5, 0.6) is 23.0 Å². The van der Waals surface area contributed by atoms with Crippen molar-refractivity contribution in [1.29, 1.82) is 0 Å². The van der Waals surface area contributed by atoms with Crippen molar-refractivity contribution in [3.8, 4) is 23.0 Å². The lowest BCUT2D eigenvalue weighted by Gasteiger charge is -2.22. The molecule has 8 heteroatoms. The maximum absolute atomic E-state index is 13.0. The first-order chi connectivity index (χ1) is 15.5. The minimum absolute atomic E-state index is 0.0466. The van der Waals surface area contributed by atoms with Crippen molar-refractivity contribution < 1.29 is 28.5 Å². The molecule has 2 aromatic rings. The van der Waals surface area contributed by atoms with Gasteiger partial charge in [0.05, 0.1) is 20.8 Å². The summed E-state index contributed by atoms with van der Waals surface area (Å²) in [5.74, 6) is 2.28. The zero-order chi connectivity index (χ0) is 22.9. The zero-order valence-corrected chi connectivity index (χ0v) is 18.8. The molecular weight excluding hydrogens is 412 g/mol. The number of hydrogen-bond acceptors (Lipinski definition) is 6. The van der Waals surface area contributed by atoms with Gasteiger partial charge >= 0.3 is 0 Å². The van der Waals surface area contributed by atoms with Crippen molar-refractivity contribution in [2.45, 2.75) is 13.3 Å². The summed E-state index contributed by atoms with van der Waals surface area (Å²) in [6.45, 7) is 4.53. The van der Waals surface area contributed by atoms with Gasteiger partial charge in [-0.2, -0.15) is 0 Å². The van der Waals surface area contributed by atoms with Gasteiger partial charge in [0.15, 0.2) is 6.61 Å². The Hall–Kier alpha value is -3.42. The standard InChI is InChI=1S/C24H30N2O6/c1-4-31-19-6-8-20(9-7-19)32-17-23(27)25-10-5-11-26(13-12-25)24(28)18-14-21(29-2)16-22(15-18)30-3/h6-9,14-16H,4-5,10-13,17H2,1-3H3. The summed E-state index contributed by atoms with van der Waals surface area (Å²) in [7, 11) is 3.10. The first kappa shape index (κ1) is 23.2. The van der Waals surface area contributed by atoms with E-state index >= 15 is 0 Å². The van der Waals surface area contributed by atoms with Gasteiger partial charge in [-0.1, -0.05) is 0 Å². The van der Waals surface area contributed by atoms with E-state index < -0.39 is 0 Å². The van der Waals surface area contributed by atoms with Crippen molar-refractivity contribution in [1.82, 2.24) is 9.80 Å². The number of benzene rings is 2. The molecule has 172 valence electrons. The fraction of sp³-hybridized carbons (Fsp3) is 0.417. The van der Waals surface area contributed by atoms with Crippen LogP contribution in [0, 0.1) is 0 Å². The number of amides is 2. The van der Waals surface area contributed by atoms with E-state index in [2.05, 4.69) is 0 Å². The average molecular weight is 443 g/mol. The van der Waals surface area contributed by atoms with Crippen LogP contribution in [0.4, 0.5) is 0 Å². The molecule has 8 nitrogen and oxygen atoms in total. The molecule has 0 bridgehead atoms. The Bertz CT molecular complexity index is 893. The Kier molecular flexibility index (Phi) is 8.19. The third kappa shape index (κ3) is 6.06. The number of carbonyl (C=O) groups excluding carboxylic acids is 2. The molecule has 1 aliphatic heterocycles. The van der Waals surface area contributed by atoms with Crippen LogP contribution in [0.1, 0.15) is 23.7 Å². The molecule has 0 radical (unpaired) electrons. The Morgan fingerprint density at radius 1 is 0.781 bits per heavy atom. The smallest absolute Gasteiger partial charge is 0.260 e. The van der Waals surface area contributed by atoms with Gasteiger partial charge in [-0.25, -0.2) is 0 Å². The third-order valence-corrected chi connectivity index (χ3v) is 5.23. The number of nitrogens with zero attached hydrogens (tertiary/aromatic N) is 2. The van der Waals surface area contributed by atoms with E-state index in [1.807, 2.05) is 19.1 Å². The van der Waals surface area contributed by atoms with E-state index in [1.54, 1.807) is 54.4 Å². The van der Waals surface area contributed by atoms with Gasteiger partial charge in [-0.05, 0) is 49.7 Å². The summed E-state index contributed by atoms with van der Waals surface area (Å²) in [4.78, 5) is 29.2. The summed E-state index contributed by atoms with van der Waals surface area (Å²) in [5.41, 5.74) is 0.500. The maximum atomic E-state index is 13.0. The maximum Gasteiger partial charge on any atom is 0.260 e. The molecule has 1 fully saturated rings. The van der Waals surface area contributed by atoms with Crippen LogP contribution in [0.2, 0.25) is 0 Å². The Morgan fingerprint density at radius 2 is 1.34 bits per heavy atom. The predicted octanol–water partition coefficient (Wildman–Crippen LogP) is 2.86. The fourth-order valence-electron chi connectivity index (χ4n) is 3.52.